The van der Waals surface area contributed by atoms with Crippen molar-refractivity contribution in [3.05, 3.63) is 64.7 Å². The fourth-order valence-electron chi connectivity index (χ4n) is 2.62. The van der Waals surface area contributed by atoms with Crippen LogP contribution in [0.4, 0.5) is 0 Å². The lowest BCUT2D eigenvalue weighted by atomic mass is 9.92. The third kappa shape index (κ3) is 5.89. The molecular formula is C20H26ClNO. The summed E-state index contributed by atoms with van der Waals surface area (Å²) in [5.41, 5.74) is 8.46. The third-order valence-corrected chi connectivity index (χ3v) is 4.30. The zero-order chi connectivity index (χ0) is 16.5. The zero-order valence-corrected chi connectivity index (χ0v) is 14.6. The van der Waals surface area contributed by atoms with E-state index in [1.807, 2.05) is 12.1 Å². The molecule has 3 heteroatoms. The molecule has 0 aliphatic carbocycles. The predicted octanol–water partition coefficient (Wildman–Crippen LogP) is 5.19. The van der Waals surface area contributed by atoms with Crippen molar-refractivity contribution in [2.75, 3.05) is 13.2 Å². The van der Waals surface area contributed by atoms with E-state index in [1.54, 1.807) is 0 Å². The Balaban J connectivity index is 1.92. The molecular weight excluding hydrogens is 306 g/mol. The second-order valence-corrected chi connectivity index (χ2v) is 6.32. The number of hydrogen-bond acceptors (Lipinski definition) is 2. The monoisotopic (exact) mass is 331 g/mol. The van der Waals surface area contributed by atoms with Gasteiger partial charge >= 0.3 is 0 Å². The smallest absolute Gasteiger partial charge is 0.119 e. The maximum atomic E-state index is 5.96. The molecule has 0 amide bonds. The lowest BCUT2D eigenvalue weighted by molar-refractivity contribution is 0.306. The highest BCUT2D eigenvalue weighted by Crippen LogP contribution is 2.23. The zero-order valence-electron chi connectivity index (χ0n) is 13.8. The summed E-state index contributed by atoms with van der Waals surface area (Å²) in [6.45, 7) is 3.61. The van der Waals surface area contributed by atoms with Crippen LogP contribution in [0.15, 0.2) is 48.5 Å². The van der Waals surface area contributed by atoms with E-state index in [0.29, 0.717) is 12.5 Å². The van der Waals surface area contributed by atoms with Crippen molar-refractivity contribution in [1.82, 2.24) is 0 Å². The van der Waals surface area contributed by atoms with Crippen LogP contribution in [-0.4, -0.2) is 13.2 Å². The average molecular weight is 332 g/mol. The number of halogens is 1. The fraction of sp³-hybridized carbons (Fsp3) is 0.400. The van der Waals surface area contributed by atoms with E-state index in [0.717, 1.165) is 30.2 Å². The number of rotatable bonds is 9. The molecule has 2 N–H and O–H groups in total. The first-order valence-electron chi connectivity index (χ1n) is 8.40. The molecule has 0 fully saturated rings. The van der Waals surface area contributed by atoms with Gasteiger partial charge in [0.25, 0.3) is 0 Å². The van der Waals surface area contributed by atoms with E-state index in [9.17, 15) is 0 Å². The Kier molecular flexibility index (Phi) is 7.44. The van der Waals surface area contributed by atoms with Gasteiger partial charge in [-0.25, -0.2) is 0 Å². The molecule has 0 saturated heterocycles. The number of nitrogens with two attached hydrogens (primary N) is 1. The molecule has 0 heterocycles. The molecule has 124 valence electrons. The summed E-state index contributed by atoms with van der Waals surface area (Å²) < 4.78 is 5.75. The Bertz CT molecular complexity index is 565. The van der Waals surface area contributed by atoms with Crippen LogP contribution in [0, 0.1) is 0 Å². The summed E-state index contributed by atoms with van der Waals surface area (Å²) in [4.78, 5) is 0. The lowest BCUT2D eigenvalue weighted by Crippen LogP contribution is -2.15. The summed E-state index contributed by atoms with van der Waals surface area (Å²) in [7, 11) is 0. The van der Waals surface area contributed by atoms with E-state index in [4.69, 9.17) is 22.1 Å². The van der Waals surface area contributed by atoms with E-state index >= 15 is 0 Å². The van der Waals surface area contributed by atoms with Crippen LogP contribution < -0.4 is 10.5 Å². The topological polar surface area (TPSA) is 35.2 Å². The van der Waals surface area contributed by atoms with Gasteiger partial charge in [-0.3, -0.25) is 0 Å². The normalized spacial score (nSPS) is 12.1. The van der Waals surface area contributed by atoms with Gasteiger partial charge in [-0.15, -0.1) is 0 Å². The molecule has 0 bridgehead atoms. The Labute approximate surface area is 144 Å². The molecule has 0 saturated carbocycles. The van der Waals surface area contributed by atoms with Crippen molar-refractivity contribution in [2.45, 2.75) is 38.5 Å². The largest absolute Gasteiger partial charge is 0.494 e. The van der Waals surface area contributed by atoms with Crippen molar-refractivity contribution < 1.29 is 4.74 Å². The van der Waals surface area contributed by atoms with E-state index < -0.39 is 0 Å². The van der Waals surface area contributed by atoms with Gasteiger partial charge in [0.2, 0.25) is 0 Å². The summed E-state index contributed by atoms with van der Waals surface area (Å²) in [5.74, 6) is 1.25. The quantitative estimate of drug-likeness (QED) is 0.641. The standard InChI is InChI=1S/C20H26ClNO/c1-2-3-4-13-23-20-11-5-16(6-12-20)14-18(15-22)17-7-9-19(21)10-8-17/h5-12,18H,2-4,13-15,22H2,1H3. The summed E-state index contributed by atoms with van der Waals surface area (Å²) in [5, 5.41) is 0.758. The van der Waals surface area contributed by atoms with Crippen molar-refractivity contribution in [3.63, 3.8) is 0 Å². The summed E-state index contributed by atoms with van der Waals surface area (Å²) in [6.07, 6.45) is 4.48. The van der Waals surface area contributed by atoms with Crippen LogP contribution in [0.25, 0.3) is 0 Å². The van der Waals surface area contributed by atoms with Gasteiger partial charge in [-0.1, -0.05) is 55.6 Å². The Morgan fingerprint density at radius 2 is 1.70 bits per heavy atom. The molecule has 0 aromatic heterocycles. The number of hydrogen-bond donors (Lipinski definition) is 1. The number of benzene rings is 2. The van der Waals surface area contributed by atoms with Crippen LogP contribution in [0.2, 0.25) is 5.02 Å². The van der Waals surface area contributed by atoms with Gasteiger partial charge < -0.3 is 10.5 Å². The van der Waals surface area contributed by atoms with Crippen LogP contribution in [0.1, 0.15) is 43.2 Å². The van der Waals surface area contributed by atoms with Gasteiger partial charge in [0.1, 0.15) is 5.75 Å². The first-order valence-corrected chi connectivity index (χ1v) is 8.78. The molecule has 23 heavy (non-hydrogen) atoms. The van der Waals surface area contributed by atoms with E-state index in [-0.39, 0.29) is 0 Å². The van der Waals surface area contributed by atoms with Gasteiger partial charge in [0.15, 0.2) is 0 Å². The van der Waals surface area contributed by atoms with Gasteiger partial charge in [-0.2, -0.15) is 0 Å². The van der Waals surface area contributed by atoms with Gasteiger partial charge in [0.05, 0.1) is 6.61 Å². The van der Waals surface area contributed by atoms with Crippen molar-refractivity contribution in [1.29, 1.82) is 0 Å². The van der Waals surface area contributed by atoms with E-state index in [2.05, 4.69) is 43.3 Å². The maximum Gasteiger partial charge on any atom is 0.119 e. The van der Waals surface area contributed by atoms with Crippen LogP contribution in [0.5, 0.6) is 5.75 Å². The Hall–Kier alpha value is -1.51. The molecule has 2 aromatic rings. The molecule has 1 atom stereocenters. The van der Waals surface area contributed by atoms with E-state index in [1.165, 1.54) is 24.0 Å². The molecule has 2 rings (SSSR count). The minimum atomic E-state index is 0.309. The summed E-state index contributed by atoms with van der Waals surface area (Å²) in [6, 6.07) is 16.3. The van der Waals surface area contributed by atoms with Crippen LogP contribution in [-0.2, 0) is 6.42 Å². The molecule has 0 aliphatic rings. The molecule has 2 nitrogen and oxygen atoms in total. The van der Waals surface area contributed by atoms with Gasteiger partial charge in [-0.05, 0) is 54.8 Å². The second-order valence-electron chi connectivity index (χ2n) is 5.89. The molecule has 2 aromatic carbocycles. The third-order valence-electron chi connectivity index (χ3n) is 4.05. The minimum Gasteiger partial charge on any atom is -0.494 e. The number of ether oxygens (including phenoxy) is 1. The molecule has 0 aliphatic heterocycles. The molecule has 1 unspecified atom stereocenters. The predicted molar refractivity (Wildman–Crippen MR) is 98.4 cm³/mol. The lowest BCUT2D eigenvalue weighted by Gasteiger charge is -2.16. The highest BCUT2D eigenvalue weighted by Gasteiger charge is 2.10. The minimum absolute atomic E-state index is 0.309. The van der Waals surface area contributed by atoms with Crippen LogP contribution in [0.3, 0.4) is 0 Å². The Morgan fingerprint density at radius 3 is 2.30 bits per heavy atom. The molecule has 0 spiro atoms. The highest BCUT2D eigenvalue weighted by atomic mass is 35.5. The Morgan fingerprint density at radius 1 is 1.00 bits per heavy atom. The molecule has 0 radical (unpaired) electrons. The fourth-order valence-corrected chi connectivity index (χ4v) is 2.75. The van der Waals surface area contributed by atoms with Crippen molar-refractivity contribution in [2.24, 2.45) is 5.73 Å². The SMILES string of the molecule is CCCCCOc1ccc(CC(CN)c2ccc(Cl)cc2)cc1. The van der Waals surface area contributed by atoms with Crippen molar-refractivity contribution >= 4 is 11.6 Å². The van der Waals surface area contributed by atoms with Crippen LogP contribution >= 0.6 is 11.6 Å². The second kappa shape index (κ2) is 9.59. The average Bonchev–Trinajstić information content (AvgIpc) is 2.59. The number of unbranched alkanes of at least 4 members (excludes halogenated alkanes) is 2. The first-order chi connectivity index (χ1) is 11.2. The maximum absolute atomic E-state index is 5.96. The highest BCUT2D eigenvalue weighted by molar-refractivity contribution is 6.30. The van der Waals surface area contributed by atoms with Gasteiger partial charge in [0, 0.05) is 10.9 Å². The first kappa shape index (κ1) is 17.8. The summed E-state index contributed by atoms with van der Waals surface area (Å²) >= 11 is 5.95. The van der Waals surface area contributed by atoms with Crippen molar-refractivity contribution in [3.8, 4) is 5.75 Å².